The molecule has 0 spiro atoms. The lowest BCUT2D eigenvalue weighted by Gasteiger charge is -2.24. The van der Waals surface area contributed by atoms with Crippen LogP contribution >= 0.6 is 11.3 Å². The van der Waals surface area contributed by atoms with E-state index < -0.39 is 0 Å². The smallest absolute Gasteiger partial charge is 0.0746 e. The van der Waals surface area contributed by atoms with E-state index in [2.05, 4.69) is 34.5 Å². The van der Waals surface area contributed by atoms with Crippen LogP contribution in [0.25, 0.3) is 0 Å². The Morgan fingerprint density at radius 1 is 1.50 bits per heavy atom. The predicted octanol–water partition coefficient (Wildman–Crippen LogP) is 1.80. The highest BCUT2D eigenvalue weighted by Gasteiger charge is 2.08. The quantitative estimate of drug-likeness (QED) is 0.695. The standard InChI is InChI=1S/C10H14N2OS/c1-9(10-3-2-8-14-10)11-12-4-6-13-7-5-12/h2-3,8H,4-7H2,1H3. The van der Waals surface area contributed by atoms with E-state index >= 15 is 0 Å². The predicted molar refractivity (Wildman–Crippen MR) is 58.9 cm³/mol. The highest BCUT2D eigenvalue weighted by atomic mass is 32.1. The fraction of sp³-hybridized carbons (Fsp3) is 0.500. The topological polar surface area (TPSA) is 24.8 Å². The molecule has 0 aliphatic carbocycles. The molecule has 1 aliphatic rings. The molecule has 1 aliphatic heterocycles. The van der Waals surface area contributed by atoms with E-state index in [1.807, 2.05) is 0 Å². The van der Waals surface area contributed by atoms with Crippen molar-refractivity contribution in [1.29, 1.82) is 0 Å². The molecule has 0 saturated carbocycles. The molecule has 0 N–H and O–H groups in total. The normalized spacial score (nSPS) is 18.6. The SMILES string of the molecule is CC(=NN1CCOCC1)c1cccs1. The van der Waals surface area contributed by atoms with Gasteiger partial charge < -0.3 is 4.74 Å². The fourth-order valence-corrected chi connectivity index (χ4v) is 2.07. The molecule has 0 radical (unpaired) electrons. The minimum Gasteiger partial charge on any atom is -0.378 e. The molecule has 4 heteroatoms. The first kappa shape index (κ1) is 9.68. The van der Waals surface area contributed by atoms with Crippen LogP contribution in [-0.4, -0.2) is 37.0 Å². The summed E-state index contributed by atoms with van der Waals surface area (Å²) in [6.07, 6.45) is 0. The lowest BCUT2D eigenvalue weighted by Crippen LogP contribution is -2.32. The third kappa shape index (κ3) is 2.33. The van der Waals surface area contributed by atoms with Crippen molar-refractivity contribution in [3.63, 3.8) is 0 Å². The number of thiophene rings is 1. The minimum absolute atomic E-state index is 0.793. The second kappa shape index (κ2) is 4.57. The molecule has 2 rings (SSSR count). The first-order valence-electron chi connectivity index (χ1n) is 4.78. The van der Waals surface area contributed by atoms with E-state index in [1.54, 1.807) is 11.3 Å². The molecule has 1 aromatic heterocycles. The third-order valence-corrected chi connectivity index (χ3v) is 3.14. The molecule has 0 amide bonds. The second-order valence-corrected chi connectivity index (χ2v) is 4.18. The van der Waals surface area contributed by atoms with E-state index in [1.165, 1.54) is 4.88 Å². The Kier molecular flexibility index (Phi) is 3.16. The van der Waals surface area contributed by atoms with Crippen molar-refractivity contribution in [2.75, 3.05) is 26.3 Å². The average Bonchev–Trinajstić information content (AvgIpc) is 2.72. The van der Waals surface area contributed by atoms with Gasteiger partial charge in [0.05, 0.1) is 32.0 Å². The molecular weight excluding hydrogens is 196 g/mol. The zero-order chi connectivity index (χ0) is 9.80. The van der Waals surface area contributed by atoms with Gasteiger partial charge >= 0.3 is 0 Å². The van der Waals surface area contributed by atoms with Crippen LogP contribution in [0.5, 0.6) is 0 Å². The van der Waals surface area contributed by atoms with E-state index in [-0.39, 0.29) is 0 Å². The van der Waals surface area contributed by atoms with Crippen molar-refractivity contribution in [3.8, 4) is 0 Å². The number of nitrogens with zero attached hydrogens (tertiary/aromatic N) is 2. The van der Waals surface area contributed by atoms with Gasteiger partial charge in [0.1, 0.15) is 0 Å². The van der Waals surface area contributed by atoms with E-state index in [0.29, 0.717) is 0 Å². The summed E-state index contributed by atoms with van der Waals surface area (Å²) in [4.78, 5) is 1.25. The third-order valence-electron chi connectivity index (χ3n) is 2.16. The zero-order valence-corrected chi connectivity index (χ0v) is 9.09. The van der Waals surface area contributed by atoms with Crippen LogP contribution in [-0.2, 0) is 4.74 Å². The van der Waals surface area contributed by atoms with Gasteiger partial charge in [-0.2, -0.15) is 5.10 Å². The Labute approximate surface area is 88.0 Å². The maximum atomic E-state index is 5.26. The Balaban J connectivity index is 2.02. The van der Waals surface area contributed by atoms with Gasteiger partial charge in [-0.05, 0) is 18.4 Å². The van der Waals surface area contributed by atoms with Crippen LogP contribution < -0.4 is 0 Å². The molecular formula is C10H14N2OS. The van der Waals surface area contributed by atoms with Crippen LogP contribution in [0.1, 0.15) is 11.8 Å². The van der Waals surface area contributed by atoms with Gasteiger partial charge in [0, 0.05) is 4.88 Å². The highest BCUT2D eigenvalue weighted by Crippen LogP contribution is 2.11. The largest absolute Gasteiger partial charge is 0.378 e. The summed E-state index contributed by atoms with van der Waals surface area (Å²) in [5.74, 6) is 0. The molecule has 2 heterocycles. The lowest BCUT2D eigenvalue weighted by atomic mass is 10.3. The minimum atomic E-state index is 0.793. The summed E-state index contributed by atoms with van der Waals surface area (Å²) in [6.45, 7) is 5.45. The highest BCUT2D eigenvalue weighted by molar-refractivity contribution is 7.12. The summed E-state index contributed by atoms with van der Waals surface area (Å²) >= 11 is 1.73. The Morgan fingerprint density at radius 2 is 2.29 bits per heavy atom. The molecule has 0 bridgehead atoms. The first-order valence-corrected chi connectivity index (χ1v) is 5.66. The lowest BCUT2D eigenvalue weighted by molar-refractivity contribution is 0.0394. The Bertz CT molecular complexity index is 302. The number of morpholine rings is 1. The van der Waals surface area contributed by atoms with Crippen LogP contribution in [0.3, 0.4) is 0 Å². The van der Waals surface area contributed by atoms with Crippen molar-refractivity contribution in [3.05, 3.63) is 22.4 Å². The molecule has 0 aromatic carbocycles. The molecule has 0 atom stereocenters. The van der Waals surface area contributed by atoms with Crippen LogP contribution in [0, 0.1) is 0 Å². The van der Waals surface area contributed by atoms with Crippen molar-refractivity contribution >= 4 is 17.0 Å². The van der Waals surface area contributed by atoms with Crippen molar-refractivity contribution in [1.82, 2.24) is 5.01 Å². The number of hydrogen-bond acceptors (Lipinski definition) is 4. The van der Waals surface area contributed by atoms with Gasteiger partial charge in [-0.25, -0.2) is 0 Å². The van der Waals surface area contributed by atoms with Crippen molar-refractivity contribution < 1.29 is 4.74 Å². The van der Waals surface area contributed by atoms with Gasteiger partial charge in [-0.1, -0.05) is 6.07 Å². The van der Waals surface area contributed by atoms with E-state index in [0.717, 1.165) is 32.0 Å². The van der Waals surface area contributed by atoms with Crippen LogP contribution in [0.2, 0.25) is 0 Å². The molecule has 1 saturated heterocycles. The summed E-state index contributed by atoms with van der Waals surface area (Å²) in [7, 11) is 0. The van der Waals surface area contributed by atoms with Gasteiger partial charge in [0.2, 0.25) is 0 Å². The number of hydrazone groups is 1. The maximum absolute atomic E-state index is 5.26. The van der Waals surface area contributed by atoms with Gasteiger partial charge in [0.15, 0.2) is 0 Å². The van der Waals surface area contributed by atoms with Crippen molar-refractivity contribution in [2.24, 2.45) is 5.10 Å². The maximum Gasteiger partial charge on any atom is 0.0746 e. The van der Waals surface area contributed by atoms with Gasteiger partial charge in [-0.3, -0.25) is 5.01 Å². The average molecular weight is 210 g/mol. The molecule has 0 unspecified atom stereocenters. The number of rotatable bonds is 2. The number of ether oxygens (including phenoxy) is 1. The molecule has 14 heavy (non-hydrogen) atoms. The molecule has 3 nitrogen and oxygen atoms in total. The molecule has 76 valence electrons. The number of hydrogen-bond donors (Lipinski definition) is 0. The summed E-state index contributed by atoms with van der Waals surface area (Å²) in [5.41, 5.74) is 1.10. The van der Waals surface area contributed by atoms with Crippen molar-refractivity contribution in [2.45, 2.75) is 6.92 Å². The Morgan fingerprint density at radius 3 is 2.93 bits per heavy atom. The Hall–Kier alpha value is -0.870. The molecule has 1 fully saturated rings. The summed E-state index contributed by atoms with van der Waals surface area (Å²) in [6, 6.07) is 4.16. The van der Waals surface area contributed by atoms with E-state index in [9.17, 15) is 0 Å². The first-order chi connectivity index (χ1) is 6.86. The monoisotopic (exact) mass is 210 g/mol. The fourth-order valence-electron chi connectivity index (χ4n) is 1.40. The summed E-state index contributed by atoms with van der Waals surface area (Å²) < 4.78 is 5.26. The van der Waals surface area contributed by atoms with Gasteiger partial charge in [-0.15, -0.1) is 11.3 Å². The van der Waals surface area contributed by atoms with Crippen LogP contribution in [0.4, 0.5) is 0 Å². The zero-order valence-electron chi connectivity index (χ0n) is 8.27. The molecule has 1 aromatic rings. The summed E-state index contributed by atoms with van der Waals surface area (Å²) in [5, 5.41) is 8.72. The van der Waals surface area contributed by atoms with Gasteiger partial charge in [0.25, 0.3) is 0 Å². The second-order valence-electron chi connectivity index (χ2n) is 3.23. The van der Waals surface area contributed by atoms with E-state index in [4.69, 9.17) is 4.74 Å². The van der Waals surface area contributed by atoms with Crippen LogP contribution in [0.15, 0.2) is 22.6 Å².